The van der Waals surface area contributed by atoms with Crippen LogP contribution in [0.15, 0.2) is 54.4 Å². The van der Waals surface area contributed by atoms with E-state index in [9.17, 15) is 19.5 Å². The van der Waals surface area contributed by atoms with Crippen LogP contribution in [0.5, 0.6) is 5.75 Å². The fraction of sp³-hybridized carbons (Fsp3) is 0.429. The summed E-state index contributed by atoms with van der Waals surface area (Å²) in [5, 5.41) is 11.4. The lowest BCUT2D eigenvalue weighted by atomic mass is 9.94. The van der Waals surface area contributed by atoms with Gasteiger partial charge in [-0.1, -0.05) is 26.0 Å². The second-order valence-corrected chi connectivity index (χ2v) is 9.64. The molecule has 0 aliphatic carbocycles. The first kappa shape index (κ1) is 26.2. The van der Waals surface area contributed by atoms with Crippen LogP contribution >= 0.6 is 0 Å². The number of nitrogens with zero attached hydrogens (tertiary/aromatic N) is 3. The molecule has 1 aromatic heterocycles. The average molecular weight is 508 g/mol. The van der Waals surface area contributed by atoms with E-state index in [0.717, 1.165) is 0 Å². The number of ketones is 1. The summed E-state index contributed by atoms with van der Waals surface area (Å²) < 4.78 is 10.9. The number of amides is 2. The Morgan fingerprint density at radius 1 is 1.14 bits per heavy atom. The third-order valence-corrected chi connectivity index (χ3v) is 6.58. The molecule has 2 saturated heterocycles. The lowest BCUT2D eigenvalue weighted by molar-refractivity contribution is -0.142. The van der Waals surface area contributed by atoms with E-state index in [1.54, 1.807) is 65.5 Å². The summed E-state index contributed by atoms with van der Waals surface area (Å²) in [6, 6.07) is 9.31. The van der Waals surface area contributed by atoms with Crippen molar-refractivity contribution in [2.45, 2.75) is 45.7 Å². The van der Waals surface area contributed by atoms with Crippen LogP contribution in [0.2, 0.25) is 0 Å². The van der Waals surface area contributed by atoms with Gasteiger partial charge in [-0.15, -0.1) is 0 Å². The van der Waals surface area contributed by atoms with Gasteiger partial charge in [0.25, 0.3) is 11.7 Å². The number of benzene rings is 1. The molecule has 2 amide bonds. The second kappa shape index (κ2) is 11.5. The number of piperidine rings is 1. The molecule has 2 aromatic rings. The number of aliphatic hydroxyl groups excluding tert-OH is 1. The summed E-state index contributed by atoms with van der Waals surface area (Å²) in [6.07, 6.45) is 3.80. The van der Waals surface area contributed by atoms with Crippen LogP contribution in [0, 0.1) is 5.92 Å². The molecule has 9 nitrogen and oxygen atoms in total. The van der Waals surface area contributed by atoms with Gasteiger partial charge in [-0.3, -0.25) is 14.6 Å². The van der Waals surface area contributed by atoms with Gasteiger partial charge in [-0.05, 0) is 55.5 Å². The van der Waals surface area contributed by atoms with Gasteiger partial charge < -0.3 is 24.4 Å². The molecular formula is C28H33N3O6. The Morgan fingerprint density at radius 2 is 1.84 bits per heavy atom. The first-order valence-electron chi connectivity index (χ1n) is 12.7. The number of carbonyl (C=O) groups excluding carboxylic acids is 3. The average Bonchev–Trinajstić information content (AvgIpc) is 3.18. The van der Waals surface area contributed by atoms with Crippen molar-refractivity contribution < 1.29 is 29.0 Å². The molecule has 1 atom stereocenters. The SMILES string of the molecule is CCOC(=O)N1CCC(N2C(=O)C(=O)/C(=C(/O)c3cccc(OCC(C)C)c3)C2c2ccncc2)CC1. The number of hydrogen-bond acceptors (Lipinski definition) is 7. The Bertz CT molecular complexity index is 1170. The number of ether oxygens (including phenoxy) is 2. The van der Waals surface area contributed by atoms with E-state index < -0.39 is 17.7 Å². The van der Waals surface area contributed by atoms with Gasteiger partial charge in [-0.2, -0.15) is 0 Å². The number of likely N-dealkylation sites (tertiary alicyclic amines) is 2. The molecule has 1 aromatic carbocycles. The summed E-state index contributed by atoms with van der Waals surface area (Å²) >= 11 is 0. The molecule has 4 rings (SSSR count). The number of hydrogen-bond donors (Lipinski definition) is 1. The minimum Gasteiger partial charge on any atom is -0.507 e. The van der Waals surface area contributed by atoms with E-state index in [-0.39, 0.29) is 23.5 Å². The first-order chi connectivity index (χ1) is 17.8. The summed E-state index contributed by atoms with van der Waals surface area (Å²) in [7, 11) is 0. The molecule has 1 unspecified atom stereocenters. The van der Waals surface area contributed by atoms with Crippen molar-refractivity contribution >= 4 is 23.5 Å². The molecule has 0 saturated carbocycles. The summed E-state index contributed by atoms with van der Waals surface area (Å²) in [6.45, 7) is 7.45. The number of aliphatic hydroxyl groups is 1. The predicted molar refractivity (Wildman–Crippen MR) is 137 cm³/mol. The van der Waals surface area contributed by atoms with Crippen molar-refractivity contribution in [2.75, 3.05) is 26.3 Å². The van der Waals surface area contributed by atoms with Crippen LogP contribution in [-0.4, -0.2) is 70.0 Å². The minimum absolute atomic E-state index is 0.0324. The van der Waals surface area contributed by atoms with Crippen molar-refractivity contribution in [1.29, 1.82) is 0 Å². The fourth-order valence-corrected chi connectivity index (χ4v) is 4.79. The van der Waals surface area contributed by atoms with E-state index in [1.807, 2.05) is 13.8 Å². The van der Waals surface area contributed by atoms with Gasteiger partial charge in [0.2, 0.25) is 0 Å². The summed E-state index contributed by atoms with van der Waals surface area (Å²) in [5.41, 5.74) is 1.11. The Morgan fingerprint density at radius 3 is 2.49 bits per heavy atom. The molecule has 37 heavy (non-hydrogen) atoms. The van der Waals surface area contributed by atoms with Gasteiger partial charge in [0, 0.05) is 37.1 Å². The van der Waals surface area contributed by atoms with Crippen molar-refractivity contribution in [3.8, 4) is 5.75 Å². The molecule has 2 fully saturated rings. The maximum Gasteiger partial charge on any atom is 0.409 e. The monoisotopic (exact) mass is 507 g/mol. The highest BCUT2D eigenvalue weighted by atomic mass is 16.6. The molecule has 2 aliphatic heterocycles. The zero-order valence-electron chi connectivity index (χ0n) is 21.4. The highest BCUT2D eigenvalue weighted by Gasteiger charge is 2.49. The third kappa shape index (κ3) is 5.60. The number of Topliss-reactive ketones (excluding diaryl/α,β-unsaturated/α-hetero) is 1. The Balaban J connectivity index is 1.69. The Kier molecular flexibility index (Phi) is 8.11. The van der Waals surface area contributed by atoms with Crippen LogP contribution in [0.25, 0.3) is 5.76 Å². The quantitative estimate of drug-likeness (QED) is 0.340. The van der Waals surface area contributed by atoms with Gasteiger partial charge in [-0.25, -0.2) is 4.79 Å². The topological polar surface area (TPSA) is 109 Å². The van der Waals surface area contributed by atoms with Crippen LogP contribution in [0.1, 0.15) is 50.8 Å². The van der Waals surface area contributed by atoms with Crippen LogP contribution in [0.4, 0.5) is 4.79 Å². The zero-order valence-corrected chi connectivity index (χ0v) is 21.4. The number of aromatic nitrogens is 1. The highest BCUT2D eigenvalue weighted by Crippen LogP contribution is 2.42. The zero-order chi connectivity index (χ0) is 26.5. The van der Waals surface area contributed by atoms with E-state index in [1.165, 1.54) is 0 Å². The van der Waals surface area contributed by atoms with Gasteiger partial charge >= 0.3 is 6.09 Å². The van der Waals surface area contributed by atoms with Gasteiger partial charge in [0.15, 0.2) is 0 Å². The lowest BCUT2D eigenvalue weighted by Gasteiger charge is -2.38. The Labute approximate surface area is 216 Å². The normalized spacial score (nSPS) is 19.9. The maximum atomic E-state index is 13.4. The van der Waals surface area contributed by atoms with Crippen LogP contribution in [0.3, 0.4) is 0 Å². The second-order valence-electron chi connectivity index (χ2n) is 9.64. The number of pyridine rings is 1. The molecule has 0 spiro atoms. The van der Waals surface area contributed by atoms with Gasteiger partial charge in [0.05, 0.1) is 24.8 Å². The molecule has 0 bridgehead atoms. The molecule has 196 valence electrons. The molecule has 9 heteroatoms. The standard InChI is InChI=1S/C28H33N3O6/c1-4-36-28(35)30-14-10-21(11-15-30)31-24(19-8-12-29-13-9-19)23(26(33)27(31)34)25(32)20-6-5-7-22(16-20)37-17-18(2)3/h5-9,12-13,16,18,21,24,32H,4,10-11,14-15,17H2,1-3H3/b25-23+. The first-order valence-corrected chi connectivity index (χ1v) is 12.7. The number of rotatable bonds is 7. The smallest absolute Gasteiger partial charge is 0.409 e. The van der Waals surface area contributed by atoms with Crippen molar-refractivity contribution in [2.24, 2.45) is 5.92 Å². The maximum absolute atomic E-state index is 13.4. The van der Waals surface area contributed by atoms with E-state index >= 15 is 0 Å². The van der Waals surface area contributed by atoms with E-state index in [0.29, 0.717) is 61.9 Å². The Hall–Kier alpha value is -3.88. The van der Waals surface area contributed by atoms with Crippen LogP contribution in [-0.2, 0) is 14.3 Å². The molecule has 3 heterocycles. The van der Waals surface area contributed by atoms with Crippen molar-refractivity contribution in [3.05, 3.63) is 65.5 Å². The number of carbonyl (C=O) groups is 3. The van der Waals surface area contributed by atoms with E-state index in [2.05, 4.69) is 4.98 Å². The molecule has 0 radical (unpaired) electrons. The van der Waals surface area contributed by atoms with E-state index in [4.69, 9.17) is 9.47 Å². The highest BCUT2D eigenvalue weighted by molar-refractivity contribution is 6.46. The largest absolute Gasteiger partial charge is 0.507 e. The minimum atomic E-state index is -0.776. The molecular weight excluding hydrogens is 474 g/mol. The summed E-state index contributed by atoms with van der Waals surface area (Å²) in [5.74, 6) is -0.754. The van der Waals surface area contributed by atoms with Gasteiger partial charge in [0.1, 0.15) is 11.5 Å². The third-order valence-electron chi connectivity index (χ3n) is 6.58. The van der Waals surface area contributed by atoms with Crippen molar-refractivity contribution in [1.82, 2.24) is 14.8 Å². The summed E-state index contributed by atoms with van der Waals surface area (Å²) in [4.78, 5) is 46.1. The molecule has 1 N–H and O–H groups in total. The predicted octanol–water partition coefficient (Wildman–Crippen LogP) is 4.16. The lowest BCUT2D eigenvalue weighted by Crippen LogP contribution is -2.48. The molecule has 2 aliphatic rings. The van der Waals surface area contributed by atoms with Crippen LogP contribution < -0.4 is 4.74 Å². The fourth-order valence-electron chi connectivity index (χ4n) is 4.79. The van der Waals surface area contributed by atoms with Crippen molar-refractivity contribution in [3.63, 3.8) is 0 Å².